The number of rotatable bonds is 7. The van der Waals surface area contributed by atoms with Crippen LogP contribution >= 0.6 is 0 Å². The zero-order valence-electron chi connectivity index (χ0n) is 11.8. The lowest BCUT2D eigenvalue weighted by Crippen LogP contribution is -2.35. The van der Waals surface area contributed by atoms with Gasteiger partial charge >= 0.3 is 7.12 Å². The Hall–Kier alpha value is -0.945. The maximum atomic E-state index is 13.1. The number of benzene rings is 1. The third-order valence-corrected chi connectivity index (χ3v) is 2.97. The zero-order valence-corrected chi connectivity index (χ0v) is 11.8. The van der Waals surface area contributed by atoms with Crippen LogP contribution in [0.15, 0.2) is 18.2 Å². The first kappa shape index (κ1) is 16.1. The normalized spacial score (nSPS) is 11.4. The summed E-state index contributed by atoms with van der Waals surface area (Å²) in [6.45, 7) is 2.47. The van der Waals surface area contributed by atoms with E-state index in [0.29, 0.717) is 6.54 Å². The molecule has 1 rings (SSSR count). The minimum absolute atomic E-state index is 0.236. The molecule has 0 heterocycles. The van der Waals surface area contributed by atoms with Crippen LogP contribution in [0.2, 0.25) is 0 Å². The Kier molecular flexibility index (Phi) is 6.44. The summed E-state index contributed by atoms with van der Waals surface area (Å²) in [5, 5.41) is 18.5. The molecular weight excluding hydrogens is 246 g/mol. The highest BCUT2D eigenvalue weighted by Crippen LogP contribution is 2.05. The first-order chi connectivity index (χ1) is 8.90. The maximum absolute atomic E-state index is 13.1. The molecule has 0 saturated carbocycles. The topological polar surface area (TPSA) is 46.9 Å². The van der Waals surface area contributed by atoms with E-state index in [9.17, 15) is 14.4 Å². The Bertz CT molecular complexity index is 402. The van der Waals surface area contributed by atoms with Crippen LogP contribution in [0.1, 0.15) is 12.0 Å². The minimum Gasteiger partial charge on any atom is -0.423 e. The molecule has 0 amide bonds. The number of halogens is 1. The molecule has 1 aromatic rings. The van der Waals surface area contributed by atoms with Gasteiger partial charge in [-0.15, -0.1) is 0 Å². The van der Waals surface area contributed by atoms with Gasteiger partial charge in [-0.3, -0.25) is 0 Å². The van der Waals surface area contributed by atoms with Crippen LogP contribution in [-0.2, 0) is 6.54 Å². The molecule has 19 heavy (non-hydrogen) atoms. The number of hydrogen-bond acceptors (Lipinski definition) is 4. The van der Waals surface area contributed by atoms with Gasteiger partial charge in [0.15, 0.2) is 0 Å². The average molecular weight is 268 g/mol. The van der Waals surface area contributed by atoms with Gasteiger partial charge in [0.05, 0.1) is 0 Å². The summed E-state index contributed by atoms with van der Waals surface area (Å²) in [4.78, 5) is 4.21. The van der Waals surface area contributed by atoms with E-state index in [4.69, 9.17) is 0 Å². The van der Waals surface area contributed by atoms with Crippen molar-refractivity contribution < 1.29 is 14.4 Å². The van der Waals surface area contributed by atoms with Crippen molar-refractivity contribution in [3.63, 3.8) is 0 Å². The monoisotopic (exact) mass is 268 g/mol. The predicted octanol–water partition coefficient (Wildman–Crippen LogP) is -0.111. The molecule has 0 aliphatic rings. The first-order valence-electron chi connectivity index (χ1n) is 6.38. The predicted molar refractivity (Wildman–Crippen MR) is 75.7 cm³/mol. The van der Waals surface area contributed by atoms with Crippen molar-refractivity contribution in [3.05, 3.63) is 29.6 Å². The van der Waals surface area contributed by atoms with E-state index in [1.807, 2.05) is 21.1 Å². The van der Waals surface area contributed by atoms with Crippen LogP contribution in [0.5, 0.6) is 0 Å². The molecule has 0 unspecified atom stereocenters. The largest absolute Gasteiger partial charge is 0.488 e. The van der Waals surface area contributed by atoms with Gasteiger partial charge in [0.25, 0.3) is 0 Å². The van der Waals surface area contributed by atoms with Crippen molar-refractivity contribution in [3.8, 4) is 0 Å². The van der Waals surface area contributed by atoms with Crippen LogP contribution in [0.25, 0.3) is 0 Å². The van der Waals surface area contributed by atoms with Gasteiger partial charge in [-0.25, -0.2) is 4.39 Å². The Morgan fingerprint density at radius 2 is 1.84 bits per heavy atom. The second kappa shape index (κ2) is 7.60. The summed E-state index contributed by atoms with van der Waals surface area (Å²) >= 11 is 0. The van der Waals surface area contributed by atoms with Crippen LogP contribution in [0.3, 0.4) is 0 Å². The van der Waals surface area contributed by atoms with E-state index in [1.165, 1.54) is 12.1 Å². The highest BCUT2D eigenvalue weighted by atomic mass is 19.1. The lowest BCUT2D eigenvalue weighted by molar-refractivity contribution is 0.294. The van der Waals surface area contributed by atoms with Gasteiger partial charge in [0.2, 0.25) is 0 Å². The van der Waals surface area contributed by atoms with Gasteiger partial charge in [-0.05, 0) is 63.8 Å². The summed E-state index contributed by atoms with van der Waals surface area (Å²) in [7, 11) is 4.38. The molecule has 0 fully saturated rings. The molecule has 1 aromatic carbocycles. The third kappa shape index (κ3) is 5.69. The van der Waals surface area contributed by atoms with Gasteiger partial charge in [-0.1, -0.05) is 6.07 Å². The molecule has 2 N–H and O–H groups in total. The van der Waals surface area contributed by atoms with E-state index in [2.05, 4.69) is 9.80 Å². The Balaban J connectivity index is 2.60. The quantitative estimate of drug-likeness (QED) is 0.677. The Labute approximate surface area is 114 Å². The summed E-state index contributed by atoms with van der Waals surface area (Å²) in [5.74, 6) is -0.456. The minimum atomic E-state index is -1.64. The molecule has 0 saturated heterocycles. The smallest absolute Gasteiger partial charge is 0.423 e. The fraction of sp³-hybridized carbons (Fsp3) is 0.538. The lowest BCUT2D eigenvalue weighted by Gasteiger charge is -2.20. The molecule has 0 spiro atoms. The molecular formula is C13H22BFN2O2. The van der Waals surface area contributed by atoms with Crippen molar-refractivity contribution in [2.45, 2.75) is 13.0 Å². The van der Waals surface area contributed by atoms with Gasteiger partial charge in [0, 0.05) is 6.54 Å². The molecule has 106 valence electrons. The maximum Gasteiger partial charge on any atom is 0.488 e. The molecule has 0 atom stereocenters. The van der Waals surface area contributed by atoms with E-state index in [1.54, 1.807) is 6.07 Å². The Morgan fingerprint density at radius 1 is 1.16 bits per heavy atom. The fourth-order valence-corrected chi connectivity index (χ4v) is 1.98. The molecule has 0 radical (unpaired) electrons. The number of hydrogen-bond donors (Lipinski definition) is 2. The van der Waals surface area contributed by atoms with E-state index < -0.39 is 12.9 Å². The lowest BCUT2D eigenvalue weighted by atomic mass is 9.77. The van der Waals surface area contributed by atoms with Crippen molar-refractivity contribution >= 4 is 12.6 Å². The molecule has 0 aliphatic heterocycles. The Morgan fingerprint density at radius 3 is 2.42 bits per heavy atom. The van der Waals surface area contributed by atoms with Crippen LogP contribution in [-0.4, -0.2) is 61.2 Å². The molecule has 0 aliphatic carbocycles. The van der Waals surface area contributed by atoms with E-state index in [0.717, 1.165) is 25.1 Å². The molecule has 0 bridgehead atoms. The summed E-state index contributed by atoms with van der Waals surface area (Å²) in [6.07, 6.45) is 1.03. The average Bonchev–Trinajstić information content (AvgIpc) is 2.30. The summed E-state index contributed by atoms with van der Waals surface area (Å²) in [6, 6.07) is 4.12. The van der Waals surface area contributed by atoms with Crippen molar-refractivity contribution in [1.29, 1.82) is 0 Å². The van der Waals surface area contributed by atoms with Crippen molar-refractivity contribution in [2.75, 3.05) is 34.2 Å². The summed E-state index contributed by atoms with van der Waals surface area (Å²) < 4.78 is 13.1. The van der Waals surface area contributed by atoms with Gasteiger partial charge in [0.1, 0.15) is 5.82 Å². The fourth-order valence-electron chi connectivity index (χ4n) is 1.98. The molecule has 0 aromatic heterocycles. The van der Waals surface area contributed by atoms with E-state index >= 15 is 0 Å². The molecule has 6 heteroatoms. The first-order valence-corrected chi connectivity index (χ1v) is 6.38. The highest BCUT2D eigenvalue weighted by molar-refractivity contribution is 6.59. The molecule has 4 nitrogen and oxygen atoms in total. The third-order valence-electron chi connectivity index (χ3n) is 2.97. The van der Waals surface area contributed by atoms with Gasteiger partial charge < -0.3 is 19.8 Å². The second-order valence-corrected chi connectivity index (χ2v) is 5.11. The zero-order chi connectivity index (χ0) is 14.4. The number of nitrogens with zero attached hydrogens (tertiary/aromatic N) is 2. The van der Waals surface area contributed by atoms with Gasteiger partial charge in [-0.2, -0.15) is 0 Å². The second-order valence-electron chi connectivity index (χ2n) is 5.11. The SMILES string of the molecule is CN(C)CCCN(C)Cc1ccc(F)cc1B(O)O. The highest BCUT2D eigenvalue weighted by Gasteiger charge is 2.17. The van der Waals surface area contributed by atoms with Crippen LogP contribution in [0.4, 0.5) is 4.39 Å². The van der Waals surface area contributed by atoms with Crippen LogP contribution in [0, 0.1) is 5.82 Å². The van der Waals surface area contributed by atoms with Crippen molar-refractivity contribution in [2.24, 2.45) is 0 Å². The van der Waals surface area contributed by atoms with Crippen molar-refractivity contribution in [1.82, 2.24) is 9.80 Å². The summed E-state index contributed by atoms with van der Waals surface area (Å²) in [5.41, 5.74) is 0.975. The van der Waals surface area contributed by atoms with E-state index in [-0.39, 0.29) is 5.46 Å². The van der Waals surface area contributed by atoms with Crippen LogP contribution < -0.4 is 5.46 Å². The standard InChI is InChI=1S/C13H22BFN2O2/c1-16(2)7-4-8-17(3)10-11-5-6-12(15)9-13(11)14(18)19/h5-6,9,18-19H,4,7-8,10H2,1-3H3.